The summed E-state index contributed by atoms with van der Waals surface area (Å²) in [6.45, 7) is 7.23. The van der Waals surface area contributed by atoms with Crippen molar-refractivity contribution in [3.8, 4) is 0 Å². The quantitative estimate of drug-likeness (QED) is 0.839. The van der Waals surface area contributed by atoms with Crippen LogP contribution in [0.1, 0.15) is 52.3 Å². The first-order chi connectivity index (χ1) is 9.60. The third-order valence-electron chi connectivity index (χ3n) is 4.19. The van der Waals surface area contributed by atoms with Crippen molar-refractivity contribution in [3.05, 3.63) is 17.0 Å². The van der Waals surface area contributed by atoms with E-state index in [0.29, 0.717) is 11.2 Å². The third-order valence-corrected chi connectivity index (χ3v) is 4.38. The fourth-order valence-electron chi connectivity index (χ4n) is 2.80. The number of ether oxygens (including phenoxy) is 1. The molecule has 112 valence electrons. The van der Waals surface area contributed by atoms with Crippen molar-refractivity contribution in [1.29, 1.82) is 0 Å². The molecule has 1 aliphatic heterocycles. The van der Waals surface area contributed by atoms with Gasteiger partial charge in [0.1, 0.15) is 16.8 Å². The lowest BCUT2D eigenvalue weighted by Crippen LogP contribution is -2.43. The van der Waals surface area contributed by atoms with E-state index in [2.05, 4.69) is 29.1 Å². The van der Waals surface area contributed by atoms with Crippen LogP contribution in [0.15, 0.2) is 6.07 Å². The highest BCUT2D eigenvalue weighted by molar-refractivity contribution is 6.29. The Balaban J connectivity index is 2.08. The molecule has 4 nitrogen and oxygen atoms in total. The fraction of sp³-hybridized carbons (Fsp3) is 0.733. The number of nitrogens with zero attached hydrogens (tertiary/aromatic N) is 2. The minimum atomic E-state index is 0.0142. The molecule has 1 unspecified atom stereocenters. The summed E-state index contributed by atoms with van der Waals surface area (Å²) in [5, 5.41) is 4.01. The summed E-state index contributed by atoms with van der Waals surface area (Å²) >= 11 is 6.04. The lowest BCUT2D eigenvalue weighted by atomic mass is 9.86. The van der Waals surface area contributed by atoms with Crippen LogP contribution < -0.4 is 5.32 Å². The molecule has 0 spiro atoms. The zero-order valence-corrected chi connectivity index (χ0v) is 13.3. The van der Waals surface area contributed by atoms with E-state index in [9.17, 15) is 0 Å². The van der Waals surface area contributed by atoms with Gasteiger partial charge in [0.25, 0.3) is 0 Å². The molecule has 1 aromatic heterocycles. The van der Waals surface area contributed by atoms with Crippen LogP contribution in [0, 0.1) is 0 Å². The van der Waals surface area contributed by atoms with Crippen LogP contribution >= 0.6 is 11.6 Å². The van der Waals surface area contributed by atoms with Crippen molar-refractivity contribution in [2.24, 2.45) is 0 Å². The van der Waals surface area contributed by atoms with Crippen LogP contribution in [0.4, 0.5) is 5.82 Å². The Bertz CT molecular complexity index is 449. The van der Waals surface area contributed by atoms with Gasteiger partial charge < -0.3 is 10.1 Å². The van der Waals surface area contributed by atoms with E-state index in [1.807, 2.05) is 6.92 Å². The Hall–Kier alpha value is -0.870. The number of halogens is 1. The lowest BCUT2D eigenvalue weighted by molar-refractivity contribution is -0.0864. The highest BCUT2D eigenvalue weighted by Crippen LogP contribution is 2.32. The molecule has 5 heteroatoms. The predicted molar refractivity (Wildman–Crippen MR) is 82.3 cm³/mol. The number of aryl methyl sites for hydroxylation is 1. The lowest BCUT2D eigenvalue weighted by Gasteiger charge is -2.40. The molecule has 1 aromatic rings. The van der Waals surface area contributed by atoms with Crippen molar-refractivity contribution in [1.82, 2.24) is 9.97 Å². The summed E-state index contributed by atoms with van der Waals surface area (Å²) in [5.41, 5.74) is 0.0142. The number of anilines is 1. The Kier molecular flexibility index (Phi) is 5.22. The monoisotopic (exact) mass is 297 g/mol. The summed E-state index contributed by atoms with van der Waals surface area (Å²) in [5.74, 6) is 1.61. The molecule has 0 amide bonds. The Morgan fingerprint density at radius 3 is 2.75 bits per heavy atom. The van der Waals surface area contributed by atoms with Gasteiger partial charge in [-0.15, -0.1) is 0 Å². The van der Waals surface area contributed by atoms with Crippen molar-refractivity contribution < 1.29 is 4.74 Å². The van der Waals surface area contributed by atoms with Crippen LogP contribution in [0.25, 0.3) is 0 Å². The molecular weight excluding hydrogens is 274 g/mol. The predicted octanol–water partition coefficient (Wildman–Crippen LogP) is 3.84. The van der Waals surface area contributed by atoms with Gasteiger partial charge in [0.15, 0.2) is 0 Å². The molecule has 20 heavy (non-hydrogen) atoms. The molecule has 2 rings (SSSR count). The Labute approximate surface area is 126 Å². The molecule has 1 N–H and O–H groups in total. The molecule has 1 aliphatic rings. The zero-order chi connectivity index (χ0) is 14.6. The summed E-state index contributed by atoms with van der Waals surface area (Å²) in [4.78, 5) is 8.69. The second-order valence-corrected chi connectivity index (χ2v) is 5.81. The average Bonchev–Trinajstić information content (AvgIpc) is 2.46. The van der Waals surface area contributed by atoms with Gasteiger partial charge in [-0.25, -0.2) is 9.97 Å². The van der Waals surface area contributed by atoms with Crippen LogP contribution in [-0.4, -0.2) is 28.2 Å². The van der Waals surface area contributed by atoms with Crippen molar-refractivity contribution in [2.75, 3.05) is 11.9 Å². The third kappa shape index (κ3) is 3.61. The Morgan fingerprint density at radius 1 is 1.35 bits per heavy atom. The highest BCUT2D eigenvalue weighted by Gasteiger charge is 2.34. The first-order valence-electron chi connectivity index (χ1n) is 7.54. The Morgan fingerprint density at radius 2 is 2.10 bits per heavy atom. The molecule has 0 aromatic carbocycles. The molecule has 0 aliphatic carbocycles. The largest absolute Gasteiger partial charge is 0.375 e. The summed E-state index contributed by atoms with van der Waals surface area (Å²) in [6, 6.07) is 2.19. The second-order valence-electron chi connectivity index (χ2n) is 5.42. The molecular formula is C15H24ClN3O. The van der Waals surface area contributed by atoms with Gasteiger partial charge in [-0.2, -0.15) is 0 Å². The number of hydrogen-bond acceptors (Lipinski definition) is 4. The van der Waals surface area contributed by atoms with Crippen molar-refractivity contribution in [3.63, 3.8) is 0 Å². The second kappa shape index (κ2) is 6.72. The van der Waals surface area contributed by atoms with Gasteiger partial charge in [-0.1, -0.05) is 32.4 Å². The summed E-state index contributed by atoms with van der Waals surface area (Å²) in [6.07, 6.45) is 4.91. The van der Waals surface area contributed by atoms with Crippen molar-refractivity contribution in [2.45, 2.75) is 64.5 Å². The SMILES string of the molecule is CCc1nc(Cl)cc(NC2CCOC(CC)(CC)C2)n1. The van der Waals surface area contributed by atoms with Gasteiger partial charge in [0.05, 0.1) is 5.60 Å². The zero-order valence-electron chi connectivity index (χ0n) is 12.6. The van der Waals surface area contributed by atoms with Gasteiger partial charge in [0, 0.05) is 25.1 Å². The van der Waals surface area contributed by atoms with E-state index in [4.69, 9.17) is 16.3 Å². The fourth-order valence-corrected chi connectivity index (χ4v) is 3.00. The molecule has 1 fully saturated rings. The van der Waals surface area contributed by atoms with Gasteiger partial charge in [-0.3, -0.25) is 0 Å². The minimum Gasteiger partial charge on any atom is -0.375 e. The van der Waals surface area contributed by atoms with Gasteiger partial charge >= 0.3 is 0 Å². The standard InChI is InChI=1S/C15H24ClN3O/c1-4-13-18-12(16)9-14(19-13)17-11-7-8-20-15(5-2,6-3)10-11/h9,11H,4-8,10H2,1-3H3,(H,17,18,19). The summed E-state index contributed by atoms with van der Waals surface area (Å²) < 4.78 is 6.00. The van der Waals surface area contributed by atoms with Gasteiger partial charge in [0.2, 0.25) is 0 Å². The molecule has 2 heterocycles. The van der Waals surface area contributed by atoms with E-state index in [-0.39, 0.29) is 5.60 Å². The van der Waals surface area contributed by atoms with E-state index in [1.165, 1.54) is 0 Å². The maximum Gasteiger partial charge on any atom is 0.134 e. The first kappa shape index (κ1) is 15.5. The van der Waals surface area contributed by atoms with Gasteiger partial charge in [-0.05, 0) is 25.7 Å². The average molecular weight is 298 g/mol. The molecule has 0 saturated carbocycles. The molecule has 1 atom stereocenters. The maximum atomic E-state index is 6.04. The van der Waals surface area contributed by atoms with Crippen LogP contribution in [0.3, 0.4) is 0 Å². The number of rotatable bonds is 5. The van der Waals surface area contributed by atoms with Crippen LogP contribution in [0.5, 0.6) is 0 Å². The van der Waals surface area contributed by atoms with E-state index >= 15 is 0 Å². The highest BCUT2D eigenvalue weighted by atomic mass is 35.5. The number of hydrogen-bond donors (Lipinski definition) is 1. The normalized spacial score (nSPS) is 21.7. The van der Waals surface area contributed by atoms with Crippen LogP contribution in [0.2, 0.25) is 5.15 Å². The van der Waals surface area contributed by atoms with Crippen molar-refractivity contribution >= 4 is 17.4 Å². The molecule has 0 bridgehead atoms. The van der Waals surface area contributed by atoms with E-state index < -0.39 is 0 Å². The molecule has 1 saturated heterocycles. The van der Waals surface area contributed by atoms with E-state index in [1.54, 1.807) is 6.07 Å². The number of nitrogens with one attached hydrogen (secondary N) is 1. The van der Waals surface area contributed by atoms with Crippen LogP contribution in [-0.2, 0) is 11.2 Å². The topological polar surface area (TPSA) is 47.0 Å². The molecule has 0 radical (unpaired) electrons. The van der Waals surface area contributed by atoms with E-state index in [0.717, 1.165) is 50.4 Å². The minimum absolute atomic E-state index is 0.0142. The maximum absolute atomic E-state index is 6.04. The smallest absolute Gasteiger partial charge is 0.134 e. The summed E-state index contributed by atoms with van der Waals surface area (Å²) in [7, 11) is 0. The first-order valence-corrected chi connectivity index (χ1v) is 7.92. The number of aromatic nitrogens is 2.